The molecule has 4 rings (SSSR count). The molecule has 0 bridgehead atoms. The van der Waals surface area contributed by atoms with Gasteiger partial charge < -0.3 is 5.11 Å². The lowest BCUT2D eigenvalue weighted by Crippen LogP contribution is -2.30. The van der Waals surface area contributed by atoms with Crippen LogP contribution in [0.4, 0.5) is 0 Å². The van der Waals surface area contributed by atoms with Crippen molar-refractivity contribution in [3.63, 3.8) is 0 Å². The molecule has 0 amide bonds. The molecule has 1 N–H and O–H groups in total. The van der Waals surface area contributed by atoms with E-state index in [2.05, 4.69) is 5.92 Å². The molecule has 0 spiro atoms. The Bertz CT molecular complexity index is 1300. The fourth-order valence-corrected chi connectivity index (χ4v) is 4.90. The Balaban J connectivity index is 1.58. The van der Waals surface area contributed by atoms with E-state index in [1.165, 1.54) is 11.0 Å². The molecule has 0 atom stereocenters. The Morgan fingerprint density at radius 3 is 2.43 bits per heavy atom. The molecule has 1 aliphatic rings. The number of carbonyl (C=O) groups is 2. The van der Waals surface area contributed by atoms with E-state index in [1.54, 1.807) is 35.0 Å². The highest BCUT2D eigenvalue weighted by Crippen LogP contribution is 2.27. The van der Waals surface area contributed by atoms with Gasteiger partial charge in [-0.05, 0) is 41.5 Å². The molecule has 2 aromatic carbocycles. The van der Waals surface area contributed by atoms with E-state index in [-0.39, 0.29) is 17.2 Å². The summed E-state index contributed by atoms with van der Waals surface area (Å²) in [6, 6.07) is 14.3. The third-order valence-electron chi connectivity index (χ3n) is 6.81. The number of rotatable bonds is 8. The van der Waals surface area contributed by atoms with Gasteiger partial charge in [-0.25, -0.2) is 14.2 Å². The number of carboxylic acid groups (broad SMARTS) is 1. The lowest BCUT2D eigenvalue weighted by molar-refractivity contribution is 0.0697. The average molecular weight is 471 g/mol. The maximum absolute atomic E-state index is 13.2. The van der Waals surface area contributed by atoms with Gasteiger partial charge >= 0.3 is 11.7 Å². The topological polar surface area (TPSA) is 81.3 Å². The van der Waals surface area contributed by atoms with E-state index >= 15 is 0 Å². The molecule has 180 valence electrons. The van der Waals surface area contributed by atoms with Crippen LogP contribution in [0.1, 0.15) is 71.4 Å². The van der Waals surface area contributed by atoms with Crippen molar-refractivity contribution in [1.82, 2.24) is 9.13 Å². The summed E-state index contributed by atoms with van der Waals surface area (Å²) in [7, 11) is 0. The summed E-state index contributed by atoms with van der Waals surface area (Å²) in [6.45, 7) is 0.309. The second-order valence-corrected chi connectivity index (χ2v) is 9.21. The van der Waals surface area contributed by atoms with Crippen LogP contribution in [-0.4, -0.2) is 26.1 Å². The first-order valence-electron chi connectivity index (χ1n) is 12.2. The average Bonchev–Trinajstić information content (AvgIpc) is 3.18. The lowest BCUT2D eigenvalue weighted by atomic mass is 9.87. The molecule has 35 heavy (non-hydrogen) atoms. The largest absolute Gasteiger partial charge is 0.478 e. The standard InChI is InChI=1S/C29H30N2O4/c1-2-3-11-24-20-31(27(32)18-21-9-5-4-6-10-21)29(35)30(24)19-22-14-16-23(17-15-22)25-12-7-8-13-26(25)28(33)34/h1,7-8,12-17,20-21H,3-6,9-11,18-19H2,(H,33,34). The minimum atomic E-state index is -0.978. The number of aromatic carboxylic acids is 1. The quantitative estimate of drug-likeness (QED) is 0.457. The Hall–Kier alpha value is -3.85. The van der Waals surface area contributed by atoms with Crippen LogP contribution in [-0.2, 0) is 13.0 Å². The van der Waals surface area contributed by atoms with Crippen molar-refractivity contribution < 1.29 is 14.7 Å². The smallest absolute Gasteiger partial charge is 0.336 e. The van der Waals surface area contributed by atoms with Crippen molar-refractivity contribution >= 4 is 11.9 Å². The van der Waals surface area contributed by atoms with Crippen LogP contribution in [0.5, 0.6) is 0 Å². The van der Waals surface area contributed by atoms with Crippen molar-refractivity contribution in [3.8, 4) is 23.5 Å². The first-order valence-corrected chi connectivity index (χ1v) is 12.2. The van der Waals surface area contributed by atoms with Crippen LogP contribution < -0.4 is 5.69 Å². The number of carbonyl (C=O) groups excluding carboxylic acids is 1. The van der Waals surface area contributed by atoms with Gasteiger partial charge in [0, 0.05) is 31.2 Å². The maximum atomic E-state index is 13.2. The van der Waals surface area contributed by atoms with Crippen molar-refractivity contribution in [2.45, 2.75) is 57.9 Å². The summed E-state index contributed by atoms with van der Waals surface area (Å²) >= 11 is 0. The summed E-state index contributed by atoms with van der Waals surface area (Å²) in [4.78, 5) is 37.8. The number of benzene rings is 2. The molecule has 1 fully saturated rings. The first kappa shape index (κ1) is 24.3. The SMILES string of the molecule is C#CCCc1cn(C(=O)CC2CCCCC2)c(=O)n1Cc1ccc(-c2ccccc2C(=O)O)cc1. The van der Waals surface area contributed by atoms with E-state index in [0.29, 0.717) is 37.3 Å². The summed E-state index contributed by atoms with van der Waals surface area (Å²) in [6.07, 6.45) is 14.1. The van der Waals surface area contributed by atoms with Crippen LogP contribution in [0.3, 0.4) is 0 Å². The molecule has 6 nitrogen and oxygen atoms in total. The molecule has 0 saturated heterocycles. The highest BCUT2D eigenvalue weighted by molar-refractivity contribution is 5.96. The third-order valence-corrected chi connectivity index (χ3v) is 6.81. The third kappa shape index (κ3) is 5.63. The monoisotopic (exact) mass is 470 g/mol. The van der Waals surface area contributed by atoms with Crippen LogP contribution in [0, 0.1) is 18.3 Å². The fraction of sp³-hybridized carbons (Fsp3) is 0.345. The highest BCUT2D eigenvalue weighted by Gasteiger charge is 2.21. The Morgan fingerprint density at radius 1 is 1.03 bits per heavy atom. The number of hydrogen-bond donors (Lipinski definition) is 1. The molecular formula is C29H30N2O4. The van der Waals surface area contributed by atoms with Crippen LogP contribution in [0.25, 0.3) is 11.1 Å². The van der Waals surface area contributed by atoms with Crippen molar-refractivity contribution in [2.75, 3.05) is 0 Å². The van der Waals surface area contributed by atoms with Gasteiger partial charge in [0.1, 0.15) is 0 Å². The van der Waals surface area contributed by atoms with E-state index in [9.17, 15) is 19.5 Å². The Morgan fingerprint density at radius 2 is 1.74 bits per heavy atom. The van der Waals surface area contributed by atoms with Crippen LogP contribution in [0.2, 0.25) is 0 Å². The number of imidazole rings is 1. The van der Waals surface area contributed by atoms with E-state index in [1.807, 2.05) is 24.3 Å². The summed E-state index contributed by atoms with van der Waals surface area (Å²) < 4.78 is 2.88. The normalized spacial score (nSPS) is 13.9. The molecule has 0 unspecified atom stereocenters. The summed E-state index contributed by atoms with van der Waals surface area (Å²) in [5.41, 5.74) is 2.94. The summed E-state index contributed by atoms with van der Waals surface area (Å²) in [5, 5.41) is 9.48. The number of hydrogen-bond acceptors (Lipinski definition) is 3. The molecule has 1 aromatic heterocycles. The van der Waals surface area contributed by atoms with Gasteiger partial charge in [0.05, 0.1) is 12.1 Å². The fourth-order valence-electron chi connectivity index (χ4n) is 4.90. The molecule has 1 aliphatic carbocycles. The van der Waals surface area contributed by atoms with Crippen molar-refractivity contribution in [3.05, 3.63) is 82.0 Å². The first-order chi connectivity index (χ1) is 17.0. The number of carboxylic acids is 1. The Labute approximate surface area is 205 Å². The van der Waals surface area contributed by atoms with E-state index in [0.717, 1.165) is 42.5 Å². The van der Waals surface area contributed by atoms with Crippen LogP contribution in [0.15, 0.2) is 59.5 Å². The second-order valence-electron chi connectivity index (χ2n) is 9.21. The predicted molar refractivity (Wildman–Crippen MR) is 136 cm³/mol. The molecule has 3 aromatic rings. The van der Waals surface area contributed by atoms with Crippen molar-refractivity contribution in [2.24, 2.45) is 5.92 Å². The van der Waals surface area contributed by atoms with Gasteiger partial charge in [-0.2, -0.15) is 0 Å². The molecular weight excluding hydrogens is 440 g/mol. The van der Waals surface area contributed by atoms with Crippen molar-refractivity contribution in [1.29, 1.82) is 0 Å². The lowest BCUT2D eigenvalue weighted by Gasteiger charge is -2.20. The van der Waals surface area contributed by atoms with Gasteiger partial charge in [-0.3, -0.25) is 9.36 Å². The number of aromatic nitrogens is 2. The zero-order chi connectivity index (χ0) is 24.8. The number of terminal acetylenes is 1. The zero-order valence-electron chi connectivity index (χ0n) is 19.8. The minimum Gasteiger partial charge on any atom is -0.478 e. The highest BCUT2D eigenvalue weighted by atomic mass is 16.4. The molecule has 1 saturated carbocycles. The molecule has 0 aliphatic heterocycles. The second kappa shape index (κ2) is 11.1. The zero-order valence-corrected chi connectivity index (χ0v) is 19.8. The van der Waals surface area contributed by atoms with E-state index < -0.39 is 5.97 Å². The summed E-state index contributed by atoms with van der Waals surface area (Å²) in [5.74, 6) is 1.83. The molecule has 0 radical (unpaired) electrons. The van der Waals surface area contributed by atoms with Gasteiger partial charge in [-0.15, -0.1) is 12.3 Å². The van der Waals surface area contributed by atoms with Gasteiger partial charge in [0.15, 0.2) is 0 Å². The molecule has 1 heterocycles. The maximum Gasteiger partial charge on any atom is 0.336 e. The number of nitrogens with zero attached hydrogens (tertiary/aromatic N) is 2. The minimum absolute atomic E-state index is 0.150. The molecule has 6 heteroatoms. The number of aryl methyl sites for hydroxylation is 1. The van der Waals surface area contributed by atoms with Gasteiger partial charge in [-0.1, -0.05) is 61.7 Å². The van der Waals surface area contributed by atoms with E-state index in [4.69, 9.17) is 6.42 Å². The van der Waals surface area contributed by atoms with Crippen LogP contribution >= 0.6 is 0 Å². The Kier molecular flexibility index (Phi) is 7.67. The van der Waals surface area contributed by atoms with Gasteiger partial charge in [0.2, 0.25) is 5.91 Å². The predicted octanol–water partition coefficient (Wildman–Crippen LogP) is 5.24. The van der Waals surface area contributed by atoms with Gasteiger partial charge in [0.25, 0.3) is 0 Å².